The van der Waals surface area contributed by atoms with Gasteiger partial charge in [-0.25, -0.2) is 0 Å². The first-order chi connectivity index (χ1) is 5.97. The lowest BCUT2D eigenvalue weighted by Gasteiger charge is -2.18. The summed E-state index contributed by atoms with van der Waals surface area (Å²) in [6.07, 6.45) is 4.36. The highest BCUT2D eigenvalue weighted by Gasteiger charge is 2.22. The molecule has 0 aliphatic carbocycles. The number of aromatic nitrogens is 2. The third-order valence-corrected chi connectivity index (χ3v) is 2.44. The van der Waals surface area contributed by atoms with Crippen LogP contribution in [-0.2, 0) is 5.60 Å². The van der Waals surface area contributed by atoms with E-state index in [1.165, 1.54) is 0 Å². The smallest absolute Gasteiger partial charge is 0.0896 e. The minimum Gasteiger partial charge on any atom is -0.385 e. The highest BCUT2D eigenvalue weighted by atomic mass is 16.3. The quantitative estimate of drug-likeness (QED) is 0.777. The van der Waals surface area contributed by atoms with Crippen molar-refractivity contribution >= 4 is 0 Å². The van der Waals surface area contributed by atoms with Crippen molar-refractivity contribution in [2.75, 3.05) is 0 Å². The second-order valence-corrected chi connectivity index (χ2v) is 3.93. The van der Waals surface area contributed by atoms with Crippen LogP contribution >= 0.6 is 0 Å². The minimum atomic E-state index is -0.743. The Morgan fingerprint density at radius 1 is 1.62 bits per heavy atom. The third-order valence-electron chi connectivity index (χ3n) is 2.44. The highest BCUT2D eigenvalue weighted by molar-refractivity contribution is 5.13. The first kappa shape index (κ1) is 10.3. The Kier molecular flexibility index (Phi) is 2.76. The summed E-state index contributed by atoms with van der Waals surface area (Å²) < 4.78 is 1.86. The normalized spacial score (nSPS) is 16.2. The molecule has 1 unspecified atom stereocenters. The van der Waals surface area contributed by atoms with Gasteiger partial charge in [-0.15, -0.1) is 0 Å². The molecule has 74 valence electrons. The van der Waals surface area contributed by atoms with Crippen LogP contribution in [0.2, 0.25) is 0 Å². The van der Waals surface area contributed by atoms with Crippen LogP contribution in [-0.4, -0.2) is 14.9 Å². The molecule has 1 aromatic heterocycles. The Labute approximate surface area is 79.4 Å². The summed E-state index contributed by atoms with van der Waals surface area (Å²) in [5.41, 5.74) is 0.149. The van der Waals surface area contributed by atoms with E-state index in [0.29, 0.717) is 12.5 Å². The molecule has 1 aromatic rings. The molecule has 0 aromatic carbocycles. The maximum absolute atomic E-state index is 9.94. The molecule has 1 rings (SSSR count). The second-order valence-electron chi connectivity index (χ2n) is 3.93. The molecular formula is C10H18N2O. The fourth-order valence-corrected chi connectivity index (χ4v) is 1.10. The largest absolute Gasteiger partial charge is 0.385 e. The minimum absolute atomic E-state index is 0.349. The summed E-state index contributed by atoms with van der Waals surface area (Å²) >= 11 is 0. The Morgan fingerprint density at radius 3 is 2.62 bits per heavy atom. The fraction of sp³-hybridized carbons (Fsp3) is 0.700. The Balaban J connectivity index is 2.91. The summed E-state index contributed by atoms with van der Waals surface area (Å²) in [7, 11) is 0. The molecular weight excluding hydrogens is 164 g/mol. The van der Waals surface area contributed by atoms with E-state index in [4.69, 9.17) is 0 Å². The summed E-state index contributed by atoms with van der Waals surface area (Å²) in [6, 6.07) is 0.349. The Hall–Kier alpha value is -0.830. The van der Waals surface area contributed by atoms with Gasteiger partial charge < -0.3 is 5.11 Å². The van der Waals surface area contributed by atoms with Crippen molar-refractivity contribution in [1.29, 1.82) is 0 Å². The van der Waals surface area contributed by atoms with Gasteiger partial charge in [0.2, 0.25) is 0 Å². The van der Waals surface area contributed by atoms with E-state index >= 15 is 0 Å². The molecule has 1 atom stereocenters. The third kappa shape index (κ3) is 2.10. The molecule has 3 heteroatoms. The summed E-state index contributed by atoms with van der Waals surface area (Å²) in [5.74, 6) is 0. The molecule has 0 bridgehead atoms. The number of rotatable bonds is 3. The van der Waals surface area contributed by atoms with Crippen molar-refractivity contribution < 1.29 is 5.11 Å². The van der Waals surface area contributed by atoms with Gasteiger partial charge >= 0.3 is 0 Å². The average molecular weight is 182 g/mol. The summed E-state index contributed by atoms with van der Waals surface area (Å²) in [5, 5.41) is 14.1. The van der Waals surface area contributed by atoms with Gasteiger partial charge in [0.05, 0.1) is 11.8 Å². The average Bonchev–Trinajstić information content (AvgIpc) is 2.52. The fourth-order valence-electron chi connectivity index (χ4n) is 1.10. The highest BCUT2D eigenvalue weighted by Crippen LogP contribution is 2.23. The van der Waals surface area contributed by atoms with E-state index in [9.17, 15) is 5.11 Å². The number of hydrogen-bond acceptors (Lipinski definition) is 2. The van der Waals surface area contributed by atoms with Gasteiger partial charge in [0.1, 0.15) is 0 Å². The zero-order valence-electron chi connectivity index (χ0n) is 8.78. The zero-order chi connectivity index (χ0) is 10.1. The molecule has 3 nitrogen and oxygen atoms in total. The molecule has 0 aliphatic rings. The predicted octanol–water partition coefficient (Wildman–Crippen LogP) is 2.08. The van der Waals surface area contributed by atoms with Crippen LogP contribution in [0.25, 0.3) is 0 Å². The Bertz CT molecular complexity index is 276. The van der Waals surface area contributed by atoms with Crippen LogP contribution in [0.15, 0.2) is 12.4 Å². The van der Waals surface area contributed by atoms with Crippen LogP contribution in [0.5, 0.6) is 0 Å². The van der Waals surface area contributed by atoms with Crippen LogP contribution in [0.3, 0.4) is 0 Å². The van der Waals surface area contributed by atoms with Crippen molar-refractivity contribution in [2.45, 2.75) is 45.8 Å². The topological polar surface area (TPSA) is 38.1 Å². The van der Waals surface area contributed by atoms with Crippen molar-refractivity contribution in [3.05, 3.63) is 18.0 Å². The standard InChI is InChI=1S/C10H18N2O/c1-5-10(4,13)9-6-11-12(7-9)8(2)3/h6-8,13H,5H2,1-4H3. The SMILES string of the molecule is CCC(C)(O)c1cnn(C(C)C)c1. The maximum atomic E-state index is 9.94. The molecule has 0 spiro atoms. The first-order valence-electron chi connectivity index (χ1n) is 4.74. The molecule has 0 amide bonds. The lowest BCUT2D eigenvalue weighted by atomic mass is 9.97. The first-order valence-corrected chi connectivity index (χ1v) is 4.74. The van der Waals surface area contributed by atoms with E-state index < -0.39 is 5.60 Å². The lowest BCUT2D eigenvalue weighted by molar-refractivity contribution is 0.0530. The molecule has 1 N–H and O–H groups in total. The van der Waals surface area contributed by atoms with Crippen molar-refractivity contribution in [3.63, 3.8) is 0 Å². The van der Waals surface area contributed by atoms with Crippen molar-refractivity contribution in [3.8, 4) is 0 Å². The molecule has 13 heavy (non-hydrogen) atoms. The lowest BCUT2D eigenvalue weighted by Crippen LogP contribution is -2.18. The molecule has 0 fully saturated rings. The van der Waals surface area contributed by atoms with E-state index in [0.717, 1.165) is 5.56 Å². The van der Waals surface area contributed by atoms with Gasteiger partial charge in [-0.05, 0) is 27.2 Å². The number of aliphatic hydroxyl groups is 1. The second kappa shape index (κ2) is 3.50. The van der Waals surface area contributed by atoms with Gasteiger partial charge in [0.25, 0.3) is 0 Å². The number of nitrogens with zero attached hydrogens (tertiary/aromatic N) is 2. The van der Waals surface area contributed by atoms with Crippen molar-refractivity contribution in [2.24, 2.45) is 0 Å². The molecule has 0 saturated carbocycles. The summed E-state index contributed by atoms with van der Waals surface area (Å²) in [4.78, 5) is 0. The Morgan fingerprint density at radius 2 is 2.23 bits per heavy atom. The van der Waals surface area contributed by atoms with Gasteiger partial charge in [0.15, 0.2) is 0 Å². The molecule has 1 heterocycles. The molecule has 0 saturated heterocycles. The maximum Gasteiger partial charge on any atom is 0.0896 e. The van der Waals surface area contributed by atoms with Gasteiger partial charge in [-0.1, -0.05) is 6.92 Å². The predicted molar refractivity (Wildman–Crippen MR) is 52.5 cm³/mol. The number of hydrogen-bond donors (Lipinski definition) is 1. The monoisotopic (exact) mass is 182 g/mol. The van der Waals surface area contributed by atoms with Crippen LogP contribution in [0.1, 0.15) is 45.7 Å². The summed E-state index contributed by atoms with van der Waals surface area (Å²) in [6.45, 7) is 7.91. The van der Waals surface area contributed by atoms with Gasteiger partial charge in [-0.2, -0.15) is 5.10 Å². The van der Waals surface area contributed by atoms with Crippen molar-refractivity contribution in [1.82, 2.24) is 9.78 Å². The van der Waals surface area contributed by atoms with E-state index in [1.54, 1.807) is 6.20 Å². The van der Waals surface area contributed by atoms with Crippen LogP contribution < -0.4 is 0 Å². The van der Waals surface area contributed by atoms with Crippen LogP contribution in [0.4, 0.5) is 0 Å². The van der Waals surface area contributed by atoms with E-state index in [1.807, 2.05) is 24.7 Å². The van der Waals surface area contributed by atoms with Gasteiger partial charge in [0, 0.05) is 17.8 Å². The van der Waals surface area contributed by atoms with E-state index in [2.05, 4.69) is 18.9 Å². The molecule has 0 radical (unpaired) electrons. The van der Waals surface area contributed by atoms with E-state index in [-0.39, 0.29) is 0 Å². The zero-order valence-corrected chi connectivity index (χ0v) is 8.78. The van der Waals surface area contributed by atoms with Gasteiger partial charge in [-0.3, -0.25) is 4.68 Å². The van der Waals surface area contributed by atoms with Crippen LogP contribution in [0, 0.1) is 0 Å². The molecule has 0 aliphatic heterocycles.